The summed E-state index contributed by atoms with van der Waals surface area (Å²) in [6.45, 7) is 17.2. The van der Waals surface area contributed by atoms with E-state index < -0.39 is 0 Å². The van der Waals surface area contributed by atoms with E-state index >= 15 is 0 Å². The van der Waals surface area contributed by atoms with Gasteiger partial charge in [0.2, 0.25) is 0 Å². The number of hydrogen-bond acceptors (Lipinski definition) is 1. The summed E-state index contributed by atoms with van der Waals surface area (Å²) >= 11 is 0. The fourth-order valence-corrected chi connectivity index (χ4v) is 0.805. The van der Waals surface area contributed by atoms with E-state index in [1.54, 1.807) is 0 Å². The minimum atomic E-state index is 0.917. The van der Waals surface area contributed by atoms with Gasteiger partial charge in [-0.05, 0) is 18.9 Å². The molecule has 92 valence electrons. The summed E-state index contributed by atoms with van der Waals surface area (Å²) in [4.78, 5) is 0. The van der Waals surface area contributed by atoms with Crippen molar-refractivity contribution in [2.45, 2.75) is 68.2 Å². The van der Waals surface area contributed by atoms with Crippen LogP contribution in [0.3, 0.4) is 0 Å². The lowest BCUT2D eigenvalue weighted by atomic mass is 9.92. The molecule has 0 saturated heterocycles. The van der Waals surface area contributed by atoms with Crippen LogP contribution >= 0.6 is 0 Å². The maximum Gasteiger partial charge on any atom is -0.0195 e. The number of hydrogen-bond donors (Lipinski definition) is 1. The first kappa shape index (κ1) is 23.6. The highest BCUT2D eigenvalue weighted by Crippen LogP contribution is 2.16. The SMILES string of the molecule is CC.CC.CCC(C)C(C)CC.CN. The van der Waals surface area contributed by atoms with Gasteiger partial charge in [0.1, 0.15) is 0 Å². The molecule has 2 atom stereocenters. The standard InChI is InChI=1S/C8H18.2C2H6.CH5N/c1-5-7(3)8(4)6-2;3*1-2/h7-8H,5-6H2,1-4H3;2*1-2H3;2H2,1H3. The average molecular weight is 205 g/mol. The van der Waals surface area contributed by atoms with Gasteiger partial charge in [0.05, 0.1) is 0 Å². The third-order valence-electron chi connectivity index (χ3n) is 2.26. The van der Waals surface area contributed by atoms with Crippen LogP contribution in [0.1, 0.15) is 68.2 Å². The molecule has 0 aromatic carbocycles. The second-order valence-electron chi connectivity index (χ2n) is 2.77. The summed E-state index contributed by atoms with van der Waals surface area (Å²) in [6, 6.07) is 0. The maximum absolute atomic E-state index is 4.50. The van der Waals surface area contributed by atoms with E-state index in [1.807, 2.05) is 27.7 Å². The Morgan fingerprint density at radius 2 is 0.857 bits per heavy atom. The molecule has 0 radical (unpaired) electrons. The first-order valence-electron chi connectivity index (χ1n) is 6.30. The normalized spacial score (nSPS) is 11.6. The van der Waals surface area contributed by atoms with E-state index in [0.29, 0.717) is 0 Å². The molecular weight excluding hydrogens is 170 g/mol. The zero-order valence-corrected chi connectivity index (χ0v) is 12.1. The summed E-state index contributed by atoms with van der Waals surface area (Å²) in [5.74, 6) is 1.83. The molecule has 0 rings (SSSR count). The van der Waals surface area contributed by atoms with Crippen LogP contribution in [0.5, 0.6) is 0 Å². The smallest absolute Gasteiger partial charge is 0.0195 e. The Morgan fingerprint density at radius 3 is 0.929 bits per heavy atom. The predicted octanol–water partition coefficient (Wildman–Crippen LogP) is 4.71. The molecule has 0 spiro atoms. The van der Waals surface area contributed by atoms with Gasteiger partial charge in [-0.25, -0.2) is 0 Å². The fourth-order valence-electron chi connectivity index (χ4n) is 0.805. The molecule has 2 N–H and O–H groups in total. The molecule has 1 nitrogen and oxygen atoms in total. The van der Waals surface area contributed by atoms with Crippen LogP contribution in [0, 0.1) is 11.8 Å². The zero-order chi connectivity index (χ0) is 12.6. The number of rotatable bonds is 3. The molecule has 0 amide bonds. The average Bonchev–Trinajstić information content (AvgIpc) is 2.34. The van der Waals surface area contributed by atoms with Gasteiger partial charge in [-0.1, -0.05) is 68.2 Å². The van der Waals surface area contributed by atoms with Crippen LogP contribution in [0.4, 0.5) is 0 Å². The number of nitrogens with two attached hydrogens (primary N) is 1. The summed E-state index contributed by atoms with van der Waals surface area (Å²) < 4.78 is 0. The lowest BCUT2D eigenvalue weighted by Gasteiger charge is -2.14. The van der Waals surface area contributed by atoms with Crippen LogP contribution in [-0.2, 0) is 0 Å². The predicted molar refractivity (Wildman–Crippen MR) is 71.7 cm³/mol. The van der Waals surface area contributed by atoms with Crippen molar-refractivity contribution in [3.05, 3.63) is 0 Å². The van der Waals surface area contributed by atoms with Gasteiger partial charge >= 0.3 is 0 Å². The Hall–Kier alpha value is -0.0400. The molecule has 14 heavy (non-hydrogen) atoms. The van der Waals surface area contributed by atoms with Gasteiger partial charge in [0.15, 0.2) is 0 Å². The van der Waals surface area contributed by atoms with E-state index in [9.17, 15) is 0 Å². The van der Waals surface area contributed by atoms with Crippen LogP contribution in [0.2, 0.25) is 0 Å². The van der Waals surface area contributed by atoms with Crippen LogP contribution < -0.4 is 5.73 Å². The Labute approximate surface area is 93.5 Å². The largest absolute Gasteiger partial charge is 0.333 e. The zero-order valence-electron chi connectivity index (χ0n) is 12.1. The molecule has 0 aromatic heterocycles. The van der Waals surface area contributed by atoms with Gasteiger partial charge < -0.3 is 5.73 Å². The quantitative estimate of drug-likeness (QED) is 0.709. The van der Waals surface area contributed by atoms with Gasteiger partial charge in [-0.15, -0.1) is 0 Å². The molecule has 0 heterocycles. The molecule has 0 fully saturated rings. The van der Waals surface area contributed by atoms with Crippen molar-refractivity contribution < 1.29 is 0 Å². The van der Waals surface area contributed by atoms with E-state index in [2.05, 4.69) is 33.4 Å². The second-order valence-corrected chi connectivity index (χ2v) is 2.77. The molecule has 1 heteroatoms. The highest BCUT2D eigenvalue weighted by molar-refractivity contribution is 4.56. The highest BCUT2D eigenvalue weighted by Gasteiger charge is 2.05. The van der Waals surface area contributed by atoms with E-state index in [-0.39, 0.29) is 0 Å². The minimum Gasteiger partial charge on any atom is -0.333 e. The third kappa shape index (κ3) is 22.7. The first-order valence-corrected chi connectivity index (χ1v) is 6.30. The Morgan fingerprint density at radius 1 is 0.714 bits per heavy atom. The fraction of sp³-hybridized carbons (Fsp3) is 1.00. The molecule has 0 saturated carbocycles. The van der Waals surface area contributed by atoms with Crippen molar-refractivity contribution in [3.63, 3.8) is 0 Å². The van der Waals surface area contributed by atoms with Crippen LogP contribution in [0.15, 0.2) is 0 Å². The summed E-state index contributed by atoms with van der Waals surface area (Å²) in [5, 5.41) is 0. The van der Waals surface area contributed by atoms with Crippen molar-refractivity contribution in [2.75, 3.05) is 7.05 Å². The van der Waals surface area contributed by atoms with Crippen LogP contribution in [0.25, 0.3) is 0 Å². The molecule has 0 aliphatic carbocycles. The van der Waals surface area contributed by atoms with Crippen molar-refractivity contribution >= 4 is 0 Å². The van der Waals surface area contributed by atoms with E-state index in [0.717, 1.165) is 11.8 Å². The molecule has 2 unspecified atom stereocenters. The van der Waals surface area contributed by atoms with Crippen molar-refractivity contribution in [1.82, 2.24) is 0 Å². The molecule has 0 aliphatic heterocycles. The monoisotopic (exact) mass is 205 g/mol. The third-order valence-corrected chi connectivity index (χ3v) is 2.26. The van der Waals surface area contributed by atoms with Gasteiger partial charge in [0.25, 0.3) is 0 Å². The van der Waals surface area contributed by atoms with Gasteiger partial charge in [0, 0.05) is 0 Å². The first-order chi connectivity index (χ1) is 6.72. The lowest BCUT2D eigenvalue weighted by Crippen LogP contribution is -2.04. The Bertz CT molecular complexity index is 45.2. The highest BCUT2D eigenvalue weighted by atomic mass is 14.4. The molecular formula is C13H35N. The Kier molecular flexibility index (Phi) is 49.4. The van der Waals surface area contributed by atoms with Crippen molar-refractivity contribution in [3.8, 4) is 0 Å². The summed E-state index contributed by atoms with van der Waals surface area (Å²) in [5.41, 5.74) is 4.50. The maximum atomic E-state index is 4.50. The minimum absolute atomic E-state index is 0.917. The van der Waals surface area contributed by atoms with Gasteiger partial charge in [-0.3, -0.25) is 0 Å². The van der Waals surface area contributed by atoms with E-state index in [1.165, 1.54) is 19.9 Å². The molecule has 0 aromatic rings. The molecule has 0 aliphatic rings. The van der Waals surface area contributed by atoms with E-state index in [4.69, 9.17) is 0 Å². The second kappa shape index (κ2) is 29.3. The molecule has 0 bridgehead atoms. The van der Waals surface area contributed by atoms with Crippen molar-refractivity contribution in [2.24, 2.45) is 17.6 Å². The summed E-state index contributed by atoms with van der Waals surface area (Å²) in [7, 11) is 1.50. The van der Waals surface area contributed by atoms with Gasteiger partial charge in [-0.2, -0.15) is 0 Å². The lowest BCUT2D eigenvalue weighted by molar-refractivity contribution is 0.367. The topological polar surface area (TPSA) is 26.0 Å². The van der Waals surface area contributed by atoms with Crippen LogP contribution in [-0.4, -0.2) is 7.05 Å². The summed E-state index contributed by atoms with van der Waals surface area (Å²) in [6.07, 6.45) is 2.66. The Balaban J connectivity index is -0.0000000708. The van der Waals surface area contributed by atoms with Crippen molar-refractivity contribution in [1.29, 1.82) is 0 Å².